The maximum atomic E-state index is 12.0. The van der Waals surface area contributed by atoms with Crippen LogP contribution in [0.1, 0.15) is 38.5 Å². The fraction of sp³-hybridized carbons (Fsp3) is 0.917. The molecule has 1 heterocycles. The van der Waals surface area contributed by atoms with Gasteiger partial charge in [-0.25, -0.2) is 0 Å². The highest BCUT2D eigenvalue weighted by Gasteiger charge is 2.30. The van der Waals surface area contributed by atoms with Crippen molar-refractivity contribution in [2.75, 3.05) is 12.8 Å². The minimum absolute atomic E-state index is 0.0665. The Morgan fingerprint density at radius 2 is 2.12 bits per heavy atom. The van der Waals surface area contributed by atoms with E-state index in [-0.39, 0.29) is 11.9 Å². The molecule has 0 aromatic carbocycles. The van der Waals surface area contributed by atoms with Crippen molar-refractivity contribution in [1.29, 1.82) is 0 Å². The monoisotopic (exact) mass is 242 g/mol. The lowest BCUT2D eigenvalue weighted by Gasteiger charge is -2.26. The van der Waals surface area contributed by atoms with Gasteiger partial charge in [-0.2, -0.15) is 11.8 Å². The first kappa shape index (κ1) is 12.2. The van der Waals surface area contributed by atoms with Gasteiger partial charge in [0.1, 0.15) is 0 Å². The molecule has 3 atom stereocenters. The van der Waals surface area contributed by atoms with Crippen LogP contribution in [0, 0.1) is 0 Å². The largest absolute Gasteiger partial charge is 0.351 e. The summed E-state index contributed by atoms with van der Waals surface area (Å²) in [6.07, 6.45) is 9.21. The second-order valence-electron chi connectivity index (χ2n) is 4.82. The summed E-state index contributed by atoms with van der Waals surface area (Å²) in [4.78, 5) is 12.0. The van der Waals surface area contributed by atoms with Crippen LogP contribution < -0.4 is 10.6 Å². The fourth-order valence-electron chi connectivity index (χ4n) is 2.73. The molecule has 2 unspecified atom stereocenters. The maximum absolute atomic E-state index is 12.0. The van der Waals surface area contributed by atoms with E-state index >= 15 is 0 Å². The molecule has 1 saturated carbocycles. The number of nitrogens with one attached hydrogen (secondary N) is 2. The molecule has 1 saturated heterocycles. The van der Waals surface area contributed by atoms with Gasteiger partial charge >= 0.3 is 0 Å². The lowest BCUT2D eigenvalue weighted by Crippen LogP contribution is -2.50. The van der Waals surface area contributed by atoms with Gasteiger partial charge in [-0.1, -0.05) is 12.8 Å². The molecule has 0 bridgehead atoms. The van der Waals surface area contributed by atoms with Gasteiger partial charge in [-0.15, -0.1) is 0 Å². The summed E-state index contributed by atoms with van der Waals surface area (Å²) in [7, 11) is 0. The van der Waals surface area contributed by atoms with Crippen LogP contribution in [0.5, 0.6) is 0 Å². The van der Waals surface area contributed by atoms with Crippen LogP contribution in [0.15, 0.2) is 0 Å². The second kappa shape index (κ2) is 5.92. The Labute approximate surface area is 102 Å². The Balaban J connectivity index is 1.81. The molecule has 3 nitrogen and oxygen atoms in total. The molecule has 0 radical (unpaired) electrons. The zero-order chi connectivity index (χ0) is 11.4. The van der Waals surface area contributed by atoms with Gasteiger partial charge < -0.3 is 10.6 Å². The van der Waals surface area contributed by atoms with E-state index in [0.717, 1.165) is 19.4 Å². The highest BCUT2D eigenvalue weighted by atomic mass is 32.2. The molecule has 0 aromatic heterocycles. The van der Waals surface area contributed by atoms with Crippen molar-refractivity contribution < 1.29 is 4.79 Å². The first-order valence-electron chi connectivity index (χ1n) is 6.38. The van der Waals surface area contributed by atoms with E-state index in [2.05, 4.69) is 16.9 Å². The van der Waals surface area contributed by atoms with Crippen LogP contribution in [0.2, 0.25) is 0 Å². The SMILES string of the molecule is CSC1CCCC1NC(=O)[C@@H]1CCCCN1. The maximum Gasteiger partial charge on any atom is 0.237 e. The minimum atomic E-state index is 0.0665. The van der Waals surface area contributed by atoms with E-state index in [4.69, 9.17) is 0 Å². The topological polar surface area (TPSA) is 41.1 Å². The van der Waals surface area contributed by atoms with Crippen LogP contribution >= 0.6 is 11.8 Å². The third-order valence-electron chi connectivity index (χ3n) is 3.71. The molecular formula is C12H22N2OS. The van der Waals surface area contributed by atoms with E-state index < -0.39 is 0 Å². The first-order chi connectivity index (χ1) is 7.81. The van der Waals surface area contributed by atoms with Gasteiger partial charge in [0.15, 0.2) is 0 Å². The number of piperidine rings is 1. The Hall–Kier alpha value is -0.220. The number of hydrogen-bond acceptors (Lipinski definition) is 3. The molecule has 0 spiro atoms. The van der Waals surface area contributed by atoms with Crippen molar-refractivity contribution >= 4 is 17.7 Å². The van der Waals surface area contributed by atoms with Gasteiger partial charge in [-0.05, 0) is 38.5 Å². The Bertz CT molecular complexity index is 241. The standard InChI is InChI=1S/C12H22N2OS/c1-16-11-7-4-6-9(11)14-12(15)10-5-2-3-8-13-10/h9-11,13H,2-8H2,1H3,(H,14,15)/t9?,10-,11?/m0/s1. The predicted octanol–water partition coefficient (Wildman–Crippen LogP) is 1.53. The molecule has 2 fully saturated rings. The lowest BCUT2D eigenvalue weighted by atomic mass is 10.0. The quantitative estimate of drug-likeness (QED) is 0.788. The van der Waals surface area contributed by atoms with Crippen molar-refractivity contribution in [1.82, 2.24) is 10.6 Å². The summed E-state index contributed by atoms with van der Waals surface area (Å²) in [6, 6.07) is 0.475. The zero-order valence-electron chi connectivity index (χ0n) is 10.00. The number of rotatable bonds is 3. The second-order valence-corrected chi connectivity index (χ2v) is 5.90. The zero-order valence-corrected chi connectivity index (χ0v) is 10.8. The third kappa shape index (κ3) is 2.92. The molecule has 2 rings (SSSR count). The summed E-state index contributed by atoms with van der Waals surface area (Å²) >= 11 is 1.89. The van der Waals surface area contributed by atoms with E-state index in [9.17, 15) is 4.79 Å². The highest BCUT2D eigenvalue weighted by molar-refractivity contribution is 7.99. The normalized spacial score (nSPS) is 34.9. The minimum Gasteiger partial charge on any atom is -0.351 e. The van der Waals surface area contributed by atoms with Gasteiger partial charge in [0.25, 0.3) is 0 Å². The number of carbonyl (C=O) groups excluding carboxylic acids is 1. The van der Waals surface area contributed by atoms with Crippen LogP contribution in [-0.2, 0) is 4.79 Å². The van der Waals surface area contributed by atoms with Crippen molar-refractivity contribution in [3.8, 4) is 0 Å². The van der Waals surface area contributed by atoms with Crippen LogP contribution in [0.25, 0.3) is 0 Å². The average Bonchev–Trinajstić information content (AvgIpc) is 2.77. The van der Waals surface area contributed by atoms with Crippen molar-refractivity contribution in [3.63, 3.8) is 0 Å². The lowest BCUT2D eigenvalue weighted by molar-refractivity contribution is -0.124. The smallest absolute Gasteiger partial charge is 0.237 e. The molecule has 2 aliphatic rings. The molecule has 4 heteroatoms. The fourth-order valence-corrected chi connectivity index (χ4v) is 3.67. The van der Waals surface area contributed by atoms with Gasteiger partial charge in [-0.3, -0.25) is 4.79 Å². The van der Waals surface area contributed by atoms with Crippen LogP contribution in [0.3, 0.4) is 0 Å². The summed E-state index contributed by atoms with van der Waals surface area (Å²) in [5.41, 5.74) is 0. The molecule has 92 valence electrons. The molecule has 1 aliphatic heterocycles. The third-order valence-corrected chi connectivity index (χ3v) is 4.88. The van der Waals surface area contributed by atoms with E-state index in [1.54, 1.807) is 0 Å². The number of hydrogen-bond donors (Lipinski definition) is 2. The Morgan fingerprint density at radius 3 is 2.81 bits per heavy atom. The predicted molar refractivity (Wildman–Crippen MR) is 68.7 cm³/mol. The van der Waals surface area contributed by atoms with Gasteiger partial charge in [0.2, 0.25) is 5.91 Å². The van der Waals surface area contributed by atoms with Crippen molar-refractivity contribution in [2.24, 2.45) is 0 Å². The summed E-state index contributed by atoms with van der Waals surface area (Å²) in [5.74, 6) is 0.227. The average molecular weight is 242 g/mol. The number of amides is 1. The molecule has 2 N–H and O–H groups in total. The van der Waals surface area contributed by atoms with Gasteiger partial charge in [0, 0.05) is 11.3 Å². The van der Waals surface area contributed by atoms with E-state index in [0.29, 0.717) is 11.3 Å². The van der Waals surface area contributed by atoms with E-state index in [1.165, 1.54) is 25.7 Å². The summed E-state index contributed by atoms with van der Waals surface area (Å²) < 4.78 is 0. The number of thioether (sulfide) groups is 1. The highest BCUT2D eigenvalue weighted by Crippen LogP contribution is 2.28. The van der Waals surface area contributed by atoms with Crippen molar-refractivity contribution in [3.05, 3.63) is 0 Å². The Kier molecular flexibility index (Phi) is 4.53. The molecule has 1 amide bonds. The molecule has 16 heavy (non-hydrogen) atoms. The van der Waals surface area contributed by atoms with Crippen LogP contribution in [-0.4, -0.2) is 36.0 Å². The molecule has 1 aliphatic carbocycles. The summed E-state index contributed by atoms with van der Waals surface area (Å²) in [5, 5.41) is 7.17. The van der Waals surface area contributed by atoms with Crippen molar-refractivity contribution in [2.45, 2.75) is 55.9 Å². The van der Waals surface area contributed by atoms with Gasteiger partial charge in [0.05, 0.1) is 6.04 Å². The Morgan fingerprint density at radius 1 is 1.25 bits per heavy atom. The van der Waals surface area contributed by atoms with E-state index in [1.807, 2.05) is 11.8 Å². The number of carbonyl (C=O) groups is 1. The molecule has 0 aromatic rings. The van der Waals surface area contributed by atoms with Crippen LogP contribution in [0.4, 0.5) is 0 Å². The molecular weight excluding hydrogens is 220 g/mol. The first-order valence-corrected chi connectivity index (χ1v) is 7.66. The summed E-state index contributed by atoms with van der Waals surface area (Å²) in [6.45, 7) is 0.995.